The molecule has 1 aliphatic carbocycles. The van der Waals surface area contributed by atoms with Crippen molar-refractivity contribution >= 4 is 11.8 Å². The van der Waals surface area contributed by atoms with E-state index in [4.69, 9.17) is 0 Å². The SMILES string of the molecule is C[C@@H](C(=O)N[C@@H]1CCC2(CCN(CCC(C)(C)C)CC2)c2cc(F)ccc21)N1CCCC1=O. The fourth-order valence-corrected chi connectivity index (χ4v) is 5.88. The average molecular weight is 458 g/mol. The number of rotatable bonds is 5. The van der Waals surface area contributed by atoms with E-state index in [0.29, 0.717) is 18.4 Å². The molecule has 0 saturated carbocycles. The van der Waals surface area contributed by atoms with Gasteiger partial charge < -0.3 is 15.1 Å². The maximum absolute atomic E-state index is 14.4. The third kappa shape index (κ3) is 5.26. The van der Waals surface area contributed by atoms with Crippen LogP contribution in [0.15, 0.2) is 18.2 Å². The molecule has 0 unspecified atom stereocenters. The third-order valence-electron chi connectivity index (χ3n) is 8.14. The van der Waals surface area contributed by atoms with Crippen LogP contribution in [0.3, 0.4) is 0 Å². The standard InChI is InChI=1S/C27H40FN3O2/c1-19(31-14-5-6-24(31)32)25(33)29-23-9-10-27(22-18-20(28)7-8-21(22)23)12-16-30(17-13-27)15-11-26(2,3)4/h7-8,18-19,23H,5-6,9-17H2,1-4H3,(H,29,33)/t19-,23+/m0/s1. The summed E-state index contributed by atoms with van der Waals surface area (Å²) in [6, 6.07) is 4.51. The molecule has 1 aromatic carbocycles. The van der Waals surface area contributed by atoms with Crippen LogP contribution in [0.25, 0.3) is 0 Å². The van der Waals surface area contributed by atoms with E-state index in [2.05, 4.69) is 31.0 Å². The Kier molecular flexibility index (Phi) is 6.86. The smallest absolute Gasteiger partial charge is 0.242 e. The highest BCUT2D eigenvalue weighted by atomic mass is 19.1. The highest BCUT2D eigenvalue weighted by Gasteiger charge is 2.43. The van der Waals surface area contributed by atoms with Gasteiger partial charge in [-0.25, -0.2) is 4.39 Å². The number of amides is 2. The van der Waals surface area contributed by atoms with Crippen LogP contribution in [-0.2, 0) is 15.0 Å². The van der Waals surface area contributed by atoms with Gasteiger partial charge in [0.2, 0.25) is 11.8 Å². The van der Waals surface area contributed by atoms with Crippen molar-refractivity contribution in [1.82, 2.24) is 15.1 Å². The number of carbonyl (C=O) groups excluding carboxylic acids is 2. The van der Waals surface area contributed by atoms with Crippen LogP contribution in [0.1, 0.15) is 89.8 Å². The number of likely N-dealkylation sites (tertiary alicyclic amines) is 2. The lowest BCUT2D eigenvalue weighted by atomic mass is 9.63. The number of hydrogen-bond donors (Lipinski definition) is 1. The van der Waals surface area contributed by atoms with Crippen molar-refractivity contribution in [3.05, 3.63) is 35.1 Å². The Balaban J connectivity index is 1.47. The number of benzene rings is 1. The molecule has 4 rings (SSSR count). The minimum absolute atomic E-state index is 0.00652. The highest BCUT2D eigenvalue weighted by molar-refractivity contribution is 5.88. The minimum Gasteiger partial charge on any atom is -0.348 e. The summed E-state index contributed by atoms with van der Waals surface area (Å²) < 4.78 is 14.4. The van der Waals surface area contributed by atoms with Crippen molar-refractivity contribution in [3.8, 4) is 0 Å². The van der Waals surface area contributed by atoms with Crippen LogP contribution in [-0.4, -0.2) is 53.8 Å². The molecule has 182 valence electrons. The fourth-order valence-electron chi connectivity index (χ4n) is 5.88. The van der Waals surface area contributed by atoms with E-state index in [1.807, 2.05) is 13.0 Å². The fraction of sp³-hybridized carbons (Fsp3) is 0.704. The van der Waals surface area contributed by atoms with Gasteiger partial charge in [0.1, 0.15) is 11.9 Å². The maximum atomic E-state index is 14.4. The molecule has 0 aromatic heterocycles. The first kappa shape index (κ1) is 24.2. The molecule has 1 spiro atoms. The lowest BCUT2D eigenvalue weighted by Gasteiger charge is -2.47. The Bertz CT molecular complexity index is 886. The summed E-state index contributed by atoms with van der Waals surface area (Å²) in [5.41, 5.74) is 2.46. The normalized spacial score (nSPS) is 24.1. The number of nitrogens with one attached hydrogen (secondary N) is 1. The van der Waals surface area contributed by atoms with E-state index >= 15 is 0 Å². The summed E-state index contributed by atoms with van der Waals surface area (Å²) in [5.74, 6) is -0.259. The first-order valence-electron chi connectivity index (χ1n) is 12.7. The van der Waals surface area contributed by atoms with Crippen molar-refractivity contribution < 1.29 is 14.0 Å². The summed E-state index contributed by atoms with van der Waals surface area (Å²) in [6.45, 7) is 12.5. The second kappa shape index (κ2) is 9.36. The zero-order valence-electron chi connectivity index (χ0n) is 20.8. The van der Waals surface area contributed by atoms with Gasteiger partial charge in [-0.15, -0.1) is 0 Å². The molecule has 1 aromatic rings. The molecular formula is C27H40FN3O2. The molecule has 0 bridgehead atoms. The molecule has 2 heterocycles. The summed E-state index contributed by atoms with van der Waals surface area (Å²) in [4.78, 5) is 29.3. The zero-order chi connectivity index (χ0) is 23.8. The van der Waals surface area contributed by atoms with Gasteiger partial charge in [0, 0.05) is 13.0 Å². The summed E-state index contributed by atoms with van der Waals surface area (Å²) in [5, 5.41) is 3.19. The summed E-state index contributed by atoms with van der Waals surface area (Å²) >= 11 is 0. The van der Waals surface area contributed by atoms with Crippen molar-refractivity contribution in [2.75, 3.05) is 26.2 Å². The first-order valence-corrected chi connectivity index (χ1v) is 12.7. The second-order valence-electron chi connectivity index (χ2n) is 11.6. The van der Waals surface area contributed by atoms with Gasteiger partial charge in [0.05, 0.1) is 6.04 Å². The Morgan fingerprint density at radius 2 is 1.94 bits per heavy atom. The Labute approximate surface area is 198 Å². The van der Waals surface area contributed by atoms with Gasteiger partial charge in [-0.2, -0.15) is 0 Å². The monoisotopic (exact) mass is 457 g/mol. The largest absolute Gasteiger partial charge is 0.348 e. The molecule has 2 aliphatic heterocycles. The van der Waals surface area contributed by atoms with Gasteiger partial charge in [0.15, 0.2) is 0 Å². The predicted octanol–water partition coefficient (Wildman–Crippen LogP) is 4.56. The first-order chi connectivity index (χ1) is 15.6. The van der Waals surface area contributed by atoms with Crippen molar-refractivity contribution in [2.45, 2.75) is 90.1 Å². The Morgan fingerprint density at radius 3 is 2.58 bits per heavy atom. The molecule has 2 saturated heterocycles. The molecule has 0 radical (unpaired) electrons. The number of nitrogens with zero attached hydrogens (tertiary/aromatic N) is 2. The summed E-state index contributed by atoms with van der Waals surface area (Å²) in [6.07, 6.45) is 6.40. The van der Waals surface area contributed by atoms with E-state index in [1.54, 1.807) is 11.0 Å². The van der Waals surface area contributed by atoms with E-state index in [9.17, 15) is 14.0 Å². The Morgan fingerprint density at radius 1 is 1.21 bits per heavy atom. The number of carbonyl (C=O) groups is 2. The van der Waals surface area contributed by atoms with Crippen LogP contribution in [0.2, 0.25) is 0 Å². The molecule has 5 nitrogen and oxygen atoms in total. The molecule has 2 atom stereocenters. The van der Waals surface area contributed by atoms with Crippen molar-refractivity contribution in [1.29, 1.82) is 0 Å². The maximum Gasteiger partial charge on any atom is 0.242 e. The van der Waals surface area contributed by atoms with Crippen LogP contribution >= 0.6 is 0 Å². The van der Waals surface area contributed by atoms with E-state index in [1.165, 1.54) is 12.5 Å². The molecule has 6 heteroatoms. The molecule has 2 amide bonds. The molecule has 33 heavy (non-hydrogen) atoms. The van der Waals surface area contributed by atoms with Crippen LogP contribution in [0, 0.1) is 11.2 Å². The van der Waals surface area contributed by atoms with E-state index in [0.717, 1.165) is 62.9 Å². The van der Waals surface area contributed by atoms with Gasteiger partial charge in [-0.1, -0.05) is 26.8 Å². The van der Waals surface area contributed by atoms with Crippen LogP contribution in [0.4, 0.5) is 4.39 Å². The topological polar surface area (TPSA) is 52.7 Å². The zero-order valence-corrected chi connectivity index (χ0v) is 20.8. The molecule has 3 aliphatic rings. The highest BCUT2D eigenvalue weighted by Crippen LogP contribution is 2.48. The lowest BCUT2D eigenvalue weighted by molar-refractivity contribution is -0.137. The predicted molar refractivity (Wildman–Crippen MR) is 128 cm³/mol. The summed E-state index contributed by atoms with van der Waals surface area (Å²) in [7, 11) is 0. The molecular weight excluding hydrogens is 417 g/mol. The van der Waals surface area contributed by atoms with Crippen LogP contribution in [0.5, 0.6) is 0 Å². The Hall–Kier alpha value is -1.95. The van der Waals surface area contributed by atoms with Crippen molar-refractivity contribution in [2.24, 2.45) is 5.41 Å². The second-order valence-corrected chi connectivity index (χ2v) is 11.6. The number of halogens is 1. The van der Waals surface area contributed by atoms with E-state index < -0.39 is 6.04 Å². The average Bonchev–Trinajstić information content (AvgIpc) is 3.20. The van der Waals surface area contributed by atoms with Gasteiger partial charge in [0.25, 0.3) is 0 Å². The molecule has 1 N–H and O–H groups in total. The van der Waals surface area contributed by atoms with Gasteiger partial charge in [-0.3, -0.25) is 9.59 Å². The van der Waals surface area contributed by atoms with Crippen molar-refractivity contribution in [3.63, 3.8) is 0 Å². The third-order valence-corrected chi connectivity index (χ3v) is 8.14. The number of piperidine rings is 1. The number of hydrogen-bond acceptors (Lipinski definition) is 3. The van der Waals surface area contributed by atoms with Gasteiger partial charge >= 0.3 is 0 Å². The van der Waals surface area contributed by atoms with Crippen LogP contribution < -0.4 is 5.32 Å². The van der Waals surface area contributed by atoms with E-state index in [-0.39, 0.29) is 29.1 Å². The number of fused-ring (bicyclic) bond motifs is 2. The lowest BCUT2D eigenvalue weighted by Crippen LogP contribution is -2.49. The van der Waals surface area contributed by atoms with Gasteiger partial charge in [-0.05, 0) is 99.2 Å². The molecule has 2 fully saturated rings. The minimum atomic E-state index is -0.467. The quantitative estimate of drug-likeness (QED) is 0.705.